The van der Waals surface area contributed by atoms with Crippen molar-refractivity contribution in [1.82, 2.24) is 20.3 Å². The summed E-state index contributed by atoms with van der Waals surface area (Å²) in [6.07, 6.45) is 4.49. The van der Waals surface area contributed by atoms with Crippen LogP contribution in [0.25, 0.3) is 0 Å². The Kier molecular flexibility index (Phi) is 6.44. The Morgan fingerprint density at radius 1 is 1.38 bits per heavy atom. The fraction of sp³-hybridized carbons (Fsp3) is 0.733. The van der Waals surface area contributed by atoms with Crippen molar-refractivity contribution in [3.63, 3.8) is 0 Å². The molecule has 3 rings (SSSR count). The van der Waals surface area contributed by atoms with E-state index < -0.39 is 0 Å². The molecule has 2 aromatic heterocycles. The molecular formula is C15H23N5O2S2. The first-order valence-corrected chi connectivity index (χ1v) is 10.1. The molecule has 1 N–H and O–H groups in total. The molecule has 1 aliphatic rings. The lowest BCUT2D eigenvalue weighted by atomic mass is 10.1. The minimum Gasteiger partial charge on any atom is -0.376 e. The average molecular weight is 370 g/mol. The Morgan fingerprint density at radius 3 is 3.08 bits per heavy atom. The minimum absolute atomic E-state index is 0.299. The standard InChI is InChI=1S/C15H23N5O2S2/c1-10(2)5-6-12-17-13(22-20-12)9-23-15-19-18-14(24-15)16-8-11-4-3-7-21-11/h10-11H,3-9H2,1-2H3,(H,16,18). The fourth-order valence-electron chi connectivity index (χ4n) is 2.34. The SMILES string of the molecule is CC(C)CCc1noc(CSc2nnc(NCC3CCCO3)s2)n1. The fourth-order valence-corrected chi connectivity index (χ4v) is 3.93. The zero-order valence-electron chi connectivity index (χ0n) is 14.0. The van der Waals surface area contributed by atoms with Crippen molar-refractivity contribution in [1.29, 1.82) is 0 Å². The van der Waals surface area contributed by atoms with Crippen LogP contribution in [-0.2, 0) is 16.9 Å². The van der Waals surface area contributed by atoms with Crippen LogP contribution in [0.4, 0.5) is 5.13 Å². The molecule has 0 aromatic carbocycles. The van der Waals surface area contributed by atoms with E-state index in [2.05, 4.69) is 39.5 Å². The van der Waals surface area contributed by atoms with Gasteiger partial charge in [0.25, 0.3) is 0 Å². The second-order valence-electron chi connectivity index (χ2n) is 6.21. The normalized spacial score (nSPS) is 17.7. The van der Waals surface area contributed by atoms with Crippen molar-refractivity contribution in [2.24, 2.45) is 5.92 Å². The lowest BCUT2D eigenvalue weighted by molar-refractivity contribution is 0.120. The summed E-state index contributed by atoms with van der Waals surface area (Å²) in [5.41, 5.74) is 0. The molecule has 0 amide bonds. The maximum absolute atomic E-state index is 5.58. The number of thioether (sulfide) groups is 1. The van der Waals surface area contributed by atoms with Gasteiger partial charge in [-0.3, -0.25) is 0 Å². The molecule has 7 nitrogen and oxygen atoms in total. The number of ether oxygens (including phenoxy) is 1. The van der Waals surface area contributed by atoms with Gasteiger partial charge in [-0.05, 0) is 25.2 Å². The number of aromatic nitrogens is 4. The lowest BCUT2D eigenvalue weighted by Gasteiger charge is -2.08. The zero-order valence-corrected chi connectivity index (χ0v) is 15.7. The highest BCUT2D eigenvalue weighted by Gasteiger charge is 2.16. The van der Waals surface area contributed by atoms with E-state index in [1.807, 2.05) is 0 Å². The first-order chi connectivity index (χ1) is 11.7. The monoisotopic (exact) mass is 369 g/mol. The first kappa shape index (κ1) is 17.6. The topological polar surface area (TPSA) is 86.0 Å². The molecule has 0 radical (unpaired) electrons. The largest absolute Gasteiger partial charge is 0.376 e. The number of nitrogens with one attached hydrogen (secondary N) is 1. The molecule has 1 unspecified atom stereocenters. The molecule has 1 saturated heterocycles. The average Bonchev–Trinajstić information content (AvgIpc) is 3.30. The first-order valence-electron chi connectivity index (χ1n) is 8.32. The Morgan fingerprint density at radius 2 is 2.29 bits per heavy atom. The van der Waals surface area contributed by atoms with E-state index in [0.29, 0.717) is 23.7 Å². The maximum atomic E-state index is 5.58. The van der Waals surface area contributed by atoms with Gasteiger partial charge in [0.1, 0.15) is 0 Å². The van der Waals surface area contributed by atoms with E-state index in [9.17, 15) is 0 Å². The number of hydrogen-bond donors (Lipinski definition) is 1. The number of hydrogen-bond acceptors (Lipinski definition) is 9. The Hall–Kier alpha value is -1.19. The van der Waals surface area contributed by atoms with Crippen LogP contribution in [0.5, 0.6) is 0 Å². The van der Waals surface area contributed by atoms with Crippen LogP contribution < -0.4 is 5.32 Å². The third-order valence-electron chi connectivity index (χ3n) is 3.69. The van der Waals surface area contributed by atoms with E-state index in [0.717, 1.165) is 54.1 Å². The molecule has 0 saturated carbocycles. The van der Waals surface area contributed by atoms with Crippen molar-refractivity contribution < 1.29 is 9.26 Å². The van der Waals surface area contributed by atoms with Gasteiger partial charge in [0, 0.05) is 19.6 Å². The van der Waals surface area contributed by atoms with Crippen molar-refractivity contribution in [2.75, 3.05) is 18.5 Å². The molecule has 0 aliphatic carbocycles. The highest BCUT2D eigenvalue weighted by Crippen LogP contribution is 2.28. The van der Waals surface area contributed by atoms with Gasteiger partial charge in [0.05, 0.1) is 11.9 Å². The van der Waals surface area contributed by atoms with Gasteiger partial charge < -0.3 is 14.6 Å². The van der Waals surface area contributed by atoms with Gasteiger partial charge >= 0.3 is 0 Å². The van der Waals surface area contributed by atoms with E-state index in [1.54, 1.807) is 23.1 Å². The maximum Gasteiger partial charge on any atom is 0.237 e. The van der Waals surface area contributed by atoms with Crippen LogP contribution in [0.2, 0.25) is 0 Å². The number of anilines is 1. The molecule has 1 fully saturated rings. The Balaban J connectivity index is 1.41. The Bertz CT molecular complexity index is 625. The van der Waals surface area contributed by atoms with Crippen molar-refractivity contribution >= 4 is 28.2 Å². The third kappa shape index (κ3) is 5.42. The molecule has 1 aliphatic heterocycles. The summed E-state index contributed by atoms with van der Waals surface area (Å²) in [6, 6.07) is 0. The van der Waals surface area contributed by atoms with Crippen LogP contribution in [0.1, 0.15) is 44.8 Å². The zero-order chi connectivity index (χ0) is 16.8. The predicted octanol–water partition coefficient (Wildman–Crippen LogP) is 3.39. The molecular weight excluding hydrogens is 346 g/mol. The van der Waals surface area contributed by atoms with Crippen molar-refractivity contribution in [3.8, 4) is 0 Å². The number of rotatable bonds is 9. The molecule has 1 atom stereocenters. The summed E-state index contributed by atoms with van der Waals surface area (Å²) >= 11 is 3.11. The molecule has 9 heteroatoms. The highest BCUT2D eigenvalue weighted by molar-refractivity contribution is 8.00. The molecule has 24 heavy (non-hydrogen) atoms. The lowest BCUT2D eigenvalue weighted by Crippen LogP contribution is -2.18. The number of nitrogens with zero attached hydrogens (tertiary/aromatic N) is 4. The summed E-state index contributed by atoms with van der Waals surface area (Å²) in [6.45, 7) is 6.04. The van der Waals surface area contributed by atoms with E-state index >= 15 is 0 Å². The Labute approximate surface area is 150 Å². The predicted molar refractivity (Wildman–Crippen MR) is 94.4 cm³/mol. The van der Waals surface area contributed by atoms with Gasteiger partial charge in [-0.2, -0.15) is 4.98 Å². The second kappa shape index (κ2) is 8.77. The van der Waals surface area contributed by atoms with Gasteiger partial charge in [-0.15, -0.1) is 10.2 Å². The summed E-state index contributed by atoms with van der Waals surface area (Å²) in [5.74, 6) is 2.69. The molecule has 132 valence electrons. The second-order valence-corrected chi connectivity index (χ2v) is 8.41. The van der Waals surface area contributed by atoms with Crippen LogP contribution in [0, 0.1) is 5.92 Å². The summed E-state index contributed by atoms with van der Waals surface area (Å²) < 4.78 is 11.8. The van der Waals surface area contributed by atoms with E-state index in [1.165, 1.54) is 0 Å². The number of aryl methyl sites for hydroxylation is 1. The quantitative estimate of drug-likeness (QED) is 0.673. The highest BCUT2D eigenvalue weighted by atomic mass is 32.2. The van der Waals surface area contributed by atoms with Crippen molar-refractivity contribution in [2.45, 2.75) is 55.7 Å². The minimum atomic E-state index is 0.299. The van der Waals surface area contributed by atoms with Gasteiger partial charge in [0.15, 0.2) is 10.2 Å². The van der Waals surface area contributed by atoms with Crippen LogP contribution in [0.15, 0.2) is 8.86 Å². The van der Waals surface area contributed by atoms with Gasteiger partial charge in [-0.25, -0.2) is 0 Å². The van der Waals surface area contributed by atoms with Crippen molar-refractivity contribution in [3.05, 3.63) is 11.7 Å². The van der Waals surface area contributed by atoms with Gasteiger partial charge in [0.2, 0.25) is 11.0 Å². The summed E-state index contributed by atoms with van der Waals surface area (Å²) in [4.78, 5) is 4.42. The van der Waals surface area contributed by atoms with Crippen LogP contribution >= 0.6 is 23.1 Å². The van der Waals surface area contributed by atoms with Crippen LogP contribution in [0.3, 0.4) is 0 Å². The van der Waals surface area contributed by atoms with Crippen LogP contribution in [-0.4, -0.2) is 39.6 Å². The summed E-state index contributed by atoms with van der Waals surface area (Å²) in [5, 5.41) is 16.5. The van der Waals surface area contributed by atoms with E-state index in [4.69, 9.17) is 9.26 Å². The molecule has 3 heterocycles. The smallest absolute Gasteiger partial charge is 0.237 e. The van der Waals surface area contributed by atoms with Gasteiger partial charge in [-0.1, -0.05) is 42.1 Å². The summed E-state index contributed by atoms with van der Waals surface area (Å²) in [7, 11) is 0. The van der Waals surface area contributed by atoms with E-state index in [-0.39, 0.29) is 0 Å². The molecule has 2 aromatic rings. The molecule has 0 bridgehead atoms. The third-order valence-corrected chi connectivity index (χ3v) is 5.69. The molecule has 0 spiro atoms.